The Balaban J connectivity index is 2.13. The Hall–Kier alpha value is -2.38. The van der Waals surface area contributed by atoms with Crippen LogP contribution in [0.25, 0.3) is 10.2 Å². The van der Waals surface area contributed by atoms with Gasteiger partial charge in [0.1, 0.15) is 0 Å². The highest BCUT2D eigenvalue weighted by atomic mass is 32.2. The summed E-state index contributed by atoms with van der Waals surface area (Å²) in [5.74, 6) is 0.261. The molecule has 1 amide bonds. The minimum Gasteiger partial charge on any atom is -0.465 e. The SMILES string of the molecule is COC(=O)c1ccc2c(c1)sc(=NC(=O)c1ccccc1C)n2CCSC. The molecule has 0 saturated heterocycles. The quantitative estimate of drug-likeness (QED) is 0.610. The third-order valence-corrected chi connectivity index (χ3v) is 5.83. The second kappa shape index (κ2) is 8.54. The van der Waals surface area contributed by atoms with Crippen LogP contribution in [0.4, 0.5) is 0 Å². The first-order chi connectivity index (χ1) is 13.0. The van der Waals surface area contributed by atoms with Gasteiger partial charge in [0.25, 0.3) is 5.91 Å². The van der Waals surface area contributed by atoms with Gasteiger partial charge in [-0.05, 0) is 43.0 Å². The van der Waals surface area contributed by atoms with E-state index in [2.05, 4.69) is 4.99 Å². The summed E-state index contributed by atoms with van der Waals surface area (Å²) in [6, 6.07) is 12.8. The highest BCUT2D eigenvalue weighted by Crippen LogP contribution is 2.20. The average molecular weight is 401 g/mol. The lowest BCUT2D eigenvalue weighted by Crippen LogP contribution is -2.18. The Morgan fingerprint density at radius 1 is 1.22 bits per heavy atom. The number of rotatable bonds is 5. The number of aryl methyl sites for hydroxylation is 2. The van der Waals surface area contributed by atoms with Crippen LogP contribution < -0.4 is 4.80 Å². The summed E-state index contributed by atoms with van der Waals surface area (Å²) in [6.45, 7) is 2.64. The lowest BCUT2D eigenvalue weighted by Gasteiger charge is -2.05. The monoisotopic (exact) mass is 400 g/mol. The van der Waals surface area contributed by atoms with E-state index in [1.165, 1.54) is 18.4 Å². The molecule has 3 aromatic rings. The van der Waals surface area contributed by atoms with Gasteiger partial charge in [-0.25, -0.2) is 4.79 Å². The Labute approximate surface area is 165 Å². The second-order valence-electron chi connectivity index (χ2n) is 5.94. The Morgan fingerprint density at radius 2 is 2.00 bits per heavy atom. The number of fused-ring (bicyclic) bond motifs is 1. The smallest absolute Gasteiger partial charge is 0.337 e. The molecule has 0 saturated carbocycles. The summed E-state index contributed by atoms with van der Waals surface area (Å²) in [7, 11) is 1.36. The van der Waals surface area contributed by atoms with Crippen LogP contribution in [0.1, 0.15) is 26.3 Å². The van der Waals surface area contributed by atoms with E-state index in [1.54, 1.807) is 30.0 Å². The molecule has 0 aliphatic rings. The molecule has 27 heavy (non-hydrogen) atoms. The van der Waals surface area contributed by atoms with E-state index in [4.69, 9.17) is 4.74 Å². The predicted molar refractivity (Wildman–Crippen MR) is 111 cm³/mol. The van der Waals surface area contributed by atoms with Gasteiger partial charge in [0.15, 0.2) is 4.80 Å². The molecular formula is C20H20N2O3S2. The molecule has 0 aliphatic heterocycles. The zero-order chi connectivity index (χ0) is 19.4. The number of esters is 1. The molecule has 0 bridgehead atoms. The maximum absolute atomic E-state index is 12.7. The van der Waals surface area contributed by atoms with Gasteiger partial charge in [0.05, 0.1) is 22.9 Å². The van der Waals surface area contributed by atoms with Gasteiger partial charge in [0, 0.05) is 17.9 Å². The van der Waals surface area contributed by atoms with Gasteiger partial charge in [-0.1, -0.05) is 29.5 Å². The van der Waals surface area contributed by atoms with Gasteiger partial charge >= 0.3 is 5.97 Å². The molecular weight excluding hydrogens is 380 g/mol. The number of hydrogen-bond donors (Lipinski definition) is 0. The minimum absolute atomic E-state index is 0.259. The molecule has 5 nitrogen and oxygen atoms in total. The van der Waals surface area contributed by atoms with Crippen molar-refractivity contribution in [1.29, 1.82) is 0 Å². The van der Waals surface area contributed by atoms with Crippen LogP contribution in [0.5, 0.6) is 0 Å². The highest BCUT2D eigenvalue weighted by Gasteiger charge is 2.13. The molecule has 0 aliphatic carbocycles. The number of amides is 1. The number of ether oxygens (including phenoxy) is 1. The molecule has 0 N–H and O–H groups in total. The molecule has 7 heteroatoms. The largest absolute Gasteiger partial charge is 0.465 e. The maximum atomic E-state index is 12.7. The maximum Gasteiger partial charge on any atom is 0.337 e. The number of hydrogen-bond acceptors (Lipinski definition) is 5. The topological polar surface area (TPSA) is 60.7 Å². The second-order valence-corrected chi connectivity index (χ2v) is 7.93. The average Bonchev–Trinajstić information content (AvgIpc) is 3.01. The standard InChI is InChI=1S/C20H20N2O3S2/c1-13-6-4-5-7-15(13)18(23)21-20-22(10-11-26-3)16-9-8-14(19(24)25-2)12-17(16)27-20/h4-9,12H,10-11H2,1-3H3. The zero-order valence-corrected chi connectivity index (χ0v) is 17.0. The summed E-state index contributed by atoms with van der Waals surface area (Å²) in [5, 5.41) is 0. The Bertz CT molecular complexity index is 1070. The summed E-state index contributed by atoms with van der Waals surface area (Å²) in [5.41, 5.74) is 2.94. The molecule has 1 aromatic heterocycles. The minimum atomic E-state index is -0.379. The van der Waals surface area contributed by atoms with Crippen LogP contribution in [0, 0.1) is 6.92 Å². The van der Waals surface area contributed by atoms with E-state index in [-0.39, 0.29) is 11.9 Å². The predicted octanol–water partition coefficient (Wildman–Crippen LogP) is 3.90. The van der Waals surface area contributed by atoms with Crippen molar-refractivity contribution in [1.82, 2.24) is 4.57 Å². The Kier molecular flexibility index (Phi) is 6.13. The van der Waals surface area contributed by atoms with Gasteiger partial charge in [-0.2, -0.15) is 16.8 Å². The van der Waals surface area contributed by atoms with Crippen molar-refractivity contribution < 1.29 is 14.3 Å². The van der Waals surface area contributed by atoms with E-state index >= 15 is 0 Å². The van der Waals surface area contributed by atoms with Crippen LogP contribution in [-0.4, -0.2) is 35.6 Å². The fourth-order valence-corrected chi connectivity index (χ4v) is 4.22. The van der Waals surface area contributed by atoms with E-state index in [9.17, 15) is 9.59 Å². The van der Waals surface area contributed by atoms with E-state index in [0.29, 0.717) is 15.9 Å². The molecule has 0 atom stereocenters. The van der Waals surface area contributed by atoms with Crippen molar-refractivity contribution >= 4 is 45.2 Å². The number of benzene rings is 2. The number of carbonyl (C=O) groups excluding carboxylic acids is 2. The lowest BCUT2D eigenvalue weighted by molar-refractivity contribution is 0.0601. The fraction of sp³-hybridized carbons (Fsp3) is 0.250. The normalized spacial score (nSPS) is 11.7. The number of aromatic nitrogens is 1. The van der Waals surface area contributed by atoms with Crippen molar-refractivity contribution in [3.05, 3.63) is 64.0 Å². The summed E-state index contributed by atoms with van der Waals surface area (Å²) >= 11 is 3.13. The van der Waals surface area contributed by atoms with Crippen molar-refractivity contribution in [3.8, 4) is 0 Å². The third kappa shape index (κ3) is 4.14. The van der Waals surface area contributed by atoms with Crippen molar-refractivity contribution in [2.75, 3.05) is 19.1 Å². The summed E-state index contributed by atoms with van der Waals surface area (Å²) < 4.78 is 7.73. The van der Waals surface area contributed by atoms with Crippen molar-refractivity contribution in [2.24, 2.45) is 4.99 Å². The molecule has 0 radical (unpaired) electrons. The molecule has 140 valence electrons. The summed E-state index contributed by atoms with van der Waals surface area (Å²) in [6.07, 6.45) is 2.04. The van der Waals surface area contributed by atoms with Gasteiger partial charge < -0.3 is 9.30 Å². The fourth-order valence-electron chi connectivity index (χ4n) is 2.76. The summed E-state index contributed by atoms with van der Waals surface area (Å²) in [4.78, 5) is 29.5. The van der Waals surface area contributed by atoms with Crippen LogP contribution in [0.3, 0.4) is 0 Å². The molecule has 2 aromatic carbocycles. The number of nitrogens with zero attached hydrogens (tertiary/aromatic N) is 2. The van der Waals surface area contributed by atoms with E-state index < -0.39 is 0 Å². The van der Waals surface area contributed by atoms with Crippen molar-refractivity contribution in [2.45, 2.75) is 13.5 Å². The molecule has 0 spiro atoms. The van der Waals surface area contributed by atoms with Crippen LogP contribution in [-0.2, 0) is 11.3 Å². The highest BCUT2D eigenvalue weighted by molar-refractivity contribution is 7.98. The molecule has 3 rings (SSSR count). The third-order valence-electron chi connectivity index (χ3n) is 4.20. The number of carbonyl (C=O) groups is 2. The molecule has 0 fully saturated rings. The molecule has 0 unspecified atom stereocenters. The van der Waals surface area contributed by atoms with Crippen molar-refractivity contribution in [3.63, 3.8) is 0 Å². The van der Waals surface area contributed by atoms with Crippen LogP contribution in [0.2, 0.25) is 0 Å². The van der Waals surface area contributed by atoms with E-state index in [1.807, 2.05) is 42.0 Å². The zero-order valence-electron chi connectivity index (χ0n) is 15.4. The first-order valence-electron chi connectivity index (χ1n) is 8.40. The lowest BCUT2D eigenvalue weighted by atomic mass is 10.1. The number of thioether (sulfide) groups is 1. The van der Waals surface area contributed by atoms with Gasteiger partial charge in [-0.3, -0.25) is 4.79 Å². The first-order valence-corrected chi connectivity index (χ1v) is 10.6. The number of thiazole rings is 1. The first kappa shape index (κ1) is 19.4. The van der Waals surface area contributed by atoms with Crippen LogP contribution in [0.15, 0.2) is 47.5 Å². The van der Waals surface area contributed by atoms with Gasteiger partial charge in [0.2, 0.25) is 0 Å². The van der Waals surface area contributed by atoms with E-state index in [0.717, 1.165) is 28.1 Å². The Morgan fingerprint density at radius 3 is 2.70 bits per heavy atom. The number of methoxy groups -OCH3 is 1. The molecule has 1 heterocycles. The van der Waals surface area contributed by atoms with Gasteiger partial charge in [-0.15, -0.1) is 0 Å². The van der Waals surface area contributed by atoms with Crippen LogP contribution >= 0.6 is 23.1 Å².